The van der Waals surface area contributed by atoms with Crippen molar-refractivity contribution in [1.82, 2.24) is 39.4 Å². The molecule has 8 rings (SSSR count). The van der Waals surface area contributed by atoms with E-state index in [-0.39, 0.29) is 47.2 Å². The first-order chi connectivity index (χ1) is 28.8. The number of halogens is 3. The molecule has 1 atom stereocenters. The molecule has 6 aromatic heterocycles. The highest BCUT2D eigenvalue weighted by Gasteiger charge is 2.35. The molecule has 0 saturated heterocycles. The Kier molecular flexibility index (Phi) is 10.5. The molecule has 17 nitrogen and oxygen atoms in total. The number of rotatable bonds is 12. The third-order valence-corrected chi connectivity index (χ3v) is 9.71. The van der Waals surface area contributed by atoms with Crippen LogP contribution in [0.2, 0.25) is 0 Å². The summed E-state index contributed by atoms with van der Waals surface area (Å²) in [6.45, 7) is 2.96. The summed E-state index contributed by atoms with van der Waals surface area (Å²) in [5.41, 5.74) is 0.118. The fraction of sp³-hybridized carbons (Fsp3) is 0.154. The Bertz CT molecular complexity index is 2980. The second kappa shape index (κ2) is 16.0. The van der Waals surface area contributed by atoms with E-state index in [1.807, 2.05) is 6.92 Å². The zero-order chi connectivity index (χ0) is 42.1. The monoisotopic (exact) mass is 838 g/mol. The number of imidazole rings is 1. The molecule has 0 aliphatic heterocycles. The highest BCUT2D eigenvalue weighted by atomic mass is 32.1. The smallest absolute Gasteiger partial charge is 0.417 e. The number of aliphatic hydroxyl groups excluding tert-OH is 1. The number of carbonyl (C=O) groups excluding carboxylic acids is 2. The summed E-state index contributed by atoms with van der Waals surface area (Å²) >= 11 is 1.34. The Morgan fingerprint density at radius 1 is 0.950 bits per heavy atom. The predicted octanol–water partition coefficient (Wildman–Crippen LogP) is 4.55. The fourth-order valence-corrected chi connectivity index (χ4v) is 6.83. The molecule has 0 spiro atoms. The minimum absolute atomic E-state index is 0.00966. The number of anilines is 2. The van der Waals surface area contributed by atoms with E-state index in [4.69, 9.17) is 14.7 Å². The van der Waals surface area contributed by atoms with Crippen molar-refractivity contribution < 1.29 is 42.0 Å². The largest absolute Gasteiger partial charge is 0.490 e. The molecule has 304 valence electrons. The fourth-order valence-electron chi connectivity index (χ4n) is 6.18. The predicted molar refractivity (Wildman–Crippen MR) is 210 cm³/mol. The highest BCUT2D eigenvalue weighted by Crippen LogP contribution is 2.36. The van der Waals surface area contributed by atoms with Crippen LogP contribution in [0.5, 0.6) is 5.75 Å². The molecular weight excluding hydrogens is 808 g/mol. The van der Waals surface area contributed by atoms with E-state index in [0.717, 1.165) is 28.2 Å². The molecule has 0 unspecified atom stereocenters. The molecule has 0 radical (unpaired) electrons. The second-order valence-corrected chi connectivity index (χ2v) is 14.4. The number of aryl methyl sites for hydroxylation is 2. The maximum absolute atomic E-state index is 13.9. The summed E-state index contributed by atoms with van der Waals surface area (Å²) in [6, 6.07) is 17.7. The summed E-state index contributed by atoms with van der Waals surface area (Å²) in [5, 5.41) is 21.5. The molecule has 8 aromatic rings. The van der Waals surface area contributed by atoms with Gasteiger partial charge in [0.25, 0.3) is 17.4 Å². The van der Waals surface area contributed by atoms with Gasteiger partial charge in [-0.15, -0.1) is 11.3 Å². The Hall–Kier alpha value is -7.52. The van der Waals surface area contributed by atoms with Crippen molar-refractivity contribution in [2.45, 2.75) is 26.1 Å². The average Bonchev–Trinajstić information content (AvgIpc) is 3.91. The highest BCUT2D eigenvalue weighted by molar-refractivity contribution is 7.15. The minimum atomic E-state index is -4.68. The van der Waals surface area contributed by atoms with E-state index in [2.05, 4.69) is 35.6 Å². The molecule has 21 heteroatoms. The van der Waals surface area contributed by atoms with Crippen molar-refractivity contribution >= 4 is 45.3 Å². The van der Waals surface area contributed by atoms with Gasteiger partial charge in [0.2, 0.25) is 0 Å². The van der Waals surface area contributed by atoms with Crippen LogP contribution in [-0.2, 0) is 6.18 Å². The number of amides is 2. The van der Waals surface area contributed by atoms with Crippen LogP contribution in [0.25, 0.3) is 33.8 Å². The first-order valence-electron chi connectivity index (χ1n) is 17.9. The molecule has 2 aromatic carbocycles. The van der Waals surface area contributed by atoms with Crippen LogP contribution >= 0.6 is 11.3 Å². The van der Waals surface area contributed by atoms with Crippen LogP contribution < -0.4 is 30.3 Å². The summed E-state index contributed by atoms with van der Waals surface area (Å²) in [7, 11) is 0. The first-order valence-corrected chi connectivity index (χ1v) is 18.7. The van der Waals surface area contributed by atoms with E-state index in [1.165, 1.54) is 57.0 Å². The molecule has 0 bridgehead atoms. The summed E-state index contributed by atoms with van der Waals surface area (Å²) in [5.74, 6) is -0.875. The first kappa shape index (κ1) is 39.3. The molecule has 0 saturated carbocycles. The Morgan fingerprint density at radius 2 is 1.73 bits per heavy atom. The van der Waals surface area contributed by atoms with Crippen LogP contribution in [0, 0.1) is 13.8 Å². The molecule has 0 aliphatic carbocycles. The number of carbonyl (C=O) groups is 2. The Labute approximate surface area is 339 Å². The number of nitrogens with one attached hydrogen (secondary N) is 3. The number of para-hydroxylation sites is 1. The summed E-state index contributed by atoms with van der Waals surface area (Å²) < 4.78 is 50.6. The topological polar surface area (TPSA) is 208 Å². The zero-order valence-electron chi connectivity index (χ0n) is 31.3. The number of aromatic amines is 1. The average molecular weight is 839 g/mol. The maximum atomic E-state index is 13.9. The number of aromatic nitrogens is 9. The molecule has 6 heterocycles. The van der Waals surface area contributed by atoms with E-state index < -0.39 is 35.2 Å². The lowest BCUT2D eigenvalue weighted by molar-refractivity contribution is -0.647. The van der Waals surface area contributed by atoms with Gasteiger partial charge in [-0.3, -0.25) is 19.7 Å². The van der Waals surface area contributed by atoms with Gasteiger partial charge in [0.15, 0.2) is 27.9 Å². The van der Waals surface area contributed by atoms with E-state index in [1.54, 1.807) is 49.5 Å². The van der Waals surface area contributed by atoms with Gasteiger partial charge in [0, 0.05) is 34.3 Å². The van der Waals surface area contributed by atoms with Gasteiger partial charge in [0.05, 0.1) is 23.3 Å². The van der Waals surface area contributed by atoms with Crippen molar-refractivity contribution in [3.8, 4) is 28.3 Å². The normalized spacial score (nSPS) is 12.1. The van der Waals surface area contributed by atoms with E-state index in [0.29, 0.717) is 33.5 Å². The van der Waals surface area contributed by atoms with Crippen LogP contribution in [0.15, 0.2) is 103 Å². The lowest BCUT2D eigenvalue weighted by Crippen LogP contribution is -2.40. The van der Waals surface area contributed by atoms with E-state index in [9.17, 15) is 32.7 Å². The molecular formula is C39H31F3N11O6S+. The third kappa shape index (κ3) is 8.11. The quantitative estimate of drug-likeness (QED) is 0.126. The van der Waals surface area contributed by atoms with Crippen LogP contribution in [-0.4, -0.2) is 75.6 Å². The number of thiazole rings is 1. The standard InChI is InChI=1S/C39H30F3N11O6S/c1-21-16-43-38(60-21)49-37(57)34-22(2)46-32-12-11-28(50-53(32)34)25-8-4-6-10-31(25)58-18-23(54)19-59-52-17-30(48-36(56)29-15-33(55)45-20-44-29)35-47-27(13-14-51(35)52)24-7-3-5-9-26(24)39(40,41)42/h3-17,20,23,54H,18-19H2,1-2H3,(H2-,43,44,45,48,49,55,56,57)/p+1/t23-/m0/s1. The van der Waals surface area contributed by atoms with Gasteiger partial charge in [0.1, 0.15) is 43.2 Å². The summed E-state index contributed by atoms with van der Waals surface area (Å²) in [6.07, 6.45) is -0.536. The number of aliphatic hydroxyl groups is 1. The number of alkyl halides is 3. The number of nitrogens with zero attached hydrogens (tertiary/aromatic N) is 8. The third-order valence-electron chi connectivity index (χ3n) is 8.88. The van der Waals surface area contributed by atoms with Gasteiger partial charge in [-0.1, -0.05) is 28.8 Å². The SMILES string of the molecule is Cc1cnc(NC(=O)c2c(C)nc3ccc(-c4ccccc4OC[C@H](O)COn4cc(NC(=O)c5cc(=O)[nH]cn5)c5nc(-c6ccccc6C(F)(F)F)cc[n+]54)nn23)s1. The number of hydrogen-bond acceptors (Lipinski definition) is 12. The summed E-state index contributed by atoms with van der Waals surface area (Å²) in [4.78, 5) is 65.5. The molecule has 0 fully saturated rings. The zero-order valence-corrected chi connectivity index (χ0v) is 32.2. The van der Waals surface area contributed by atoms with Gasteiger partial charge >= 0.3 is 11.8 Å². The minimum Gasteiger partial charge on any atom is -0.490 e. The van der Waals surface area contributed by atoms with Gasteiger partial charge in [-0.2, -0.15) is 18.3 Å². The number of benzene rings is 2. The van der Waals surface area contributed by atoms with Crippen LogP contribution in [0.4, 0.5) is 24.0 Å². The number of hydrogen-bond donors (Lipinski definition) is 4. The Morgan fingerprint density at radius 3 is 2.50 bits per heavy atom. The number of H-pyrrole nitrogens is 1. The Balaban J connectivity index is 1.02. The van der Waals surface area contributed by atoms with Crippen molar-refractivity contribution in [3.63, 3.8) is 0 Å². The van der Waals surface area contributed by atoms with Gasteiger partial charge in [-0.05, 0) is 60.1 Å². The lowest BCUT2D eigenvalue weighted by atomic mass is 10.0. The van der Waals surface area contributed by atoms with Crippen LogP contribution in [0.3, 0.4) is 0 Å². The van der Waals surface area contributed by atoms with Crippen molar-refractivity contribution in [2.75, 3.05) is 23.8 Å². The molecule has 4 N–H and O–H groups in total. The van der Waals surface area contributed by atoms with Gasteiger partial charge in [-0.25, -0.2) is 19.5 Å². The lowest BCUT2D eigenvalue weighted by Gasteiger charge is -2.15. The van der Waals surface area contributed by atoms with Crippen LogP contribution in [0.1, 0.15) is 37.1 Å². The molecule has 60 heavy (non-hydrogen) atoms. The number of ether oxygens (including phenoxy) is 1. The maximum Gasteiger partial charge on any atom is 0.417 e. The van der Waals surface area contributed by atoms with Crippen molar-refractivity contribution in [1.29, 1.82) is 0 Å². The van der Waals surface area contributed by atoms with Crippen molar-refractivity contribution in [2.24, 2.45) is 0 Å². The van der Waals surface area contributed by atoms with Crippen molar-refractivity contribution in [3.05, 3.63) is 136 Å². The number of fused-ring (bicyclic) bond motifs is 2. The molecule has 0 aliphatic rings. The molecule has 2 amide bonds. The second-order valence-electron chi connectivity index (χ2n) is 13.1. The van der Waals surface area contributed by atoms with E-state index >= 15 is 0 Å². The van der Waals surface area contributed by atoms with Gasteiger partial charge < -0.3 is 25.0 Å².